The SMILES string of the molecule is O=C(O)N(C(=O)CCCCCBr)c1ccc(Br)cc1. The van der Waals surface area contributed by atoms with Gasteiger partial charge < -0.3 is 5.11 Å². The summed E-state index contributed by atoms with van der Waals surface area (Å²) in [5.74, 6) is -0.385. The number of alkyl halides is 1. The highest BCUT2D eigenvalue weighted by Crippen LogP contribution is 2.20. The average molecular weight is 393 g/mol. The number of carboxylic acid groups (broad SMARTS) is 1. The summed E-state index contributed by atoms with van der Waals surface area (Å²) in [4.78, 5) is 24.0. The number of carbonyl (C=O) groups is 2. The number of imide groups is 1. The maximum atomic E-state index is 12.0. The van der Waals surface area contributed by atoms with Crippen LogP contribution in [-0.4, -0.2) is 22.4 Å². The van der Waals surface area contributed by atoms with Crippen LogP contribution >= 0.6 is 31.9 Å². The average Bonchev–Trinajstić information content (AvgIpc) is 2.37. The van der Waals surface area contributed by atoms with Gasteiger partial charge in [-0.2, -0.15) is 0 Å². The van der Waals surface area contributed by atoms with Crippen molar-refractivity contribution in [1.29, 1.82) is 0 Å². The lowest BCUT2D eigenvalue weighted by molar-refractivity contribution is -0.118. The van der Waals surface area contributed by atoms with E-state index in [0.717, 1.165) is 27.5 Å². The maximum absolute atomic E-state index is 12.0. The zero-order chi connectivity index (χ0) is 14.3. The van der Waals surface area contributed by atoms with E-state index >= 15 is 0 Å². The molecule has 0 aliphatic carbocycles. The molecule has 0 unspecified atom stereocenters. The van der Waals surface area contributed by atoms with Crippen LogP contribution in [0.25, 0.3) is 0 Å². The molecule has 2 amide bonds. The molecule has 0 spiro atoms. The van der Waals surface area contributed by atoms with Gasteiger partial charge >= 0.3 is 6.09 Å². The van der Waals surface area contributed by atoms with E-state index < -0.39 is 6.09 Å². The highest BCUT2D eigenvalue weighted by atomic mass is 79.9. The van der Waals surface area contributed by atoms with E-state index in [-0.39, 0.29) is 12.3 Å². The Kier molecular flexibility index (Phi) is 7.09. The van der Waals surface area contributed by atoms with Gasteiger partial charge in [0, 0.05) is 16.2 Å². The zero-order valence-corrected chi connectivity index (χ0v) is 13.5. The number of amides is 2. The second-order valence-corrected chi connectivity index (χ2v) is 5.70. The molecule has 1 aromatic rings. The fraction of sp³-hybridized carbons (Fsp3) is 0.385. The Balaban J connectivity index is 2.69. The van der Waals surface area contributed by atoms with Crippen molar-refractivity contribution < 1.29 is 14.7 Å². The molecule has 1 rings (SSSR count). The quantitative estimate of drug-likeness (QED) is 0.575. The van der Waals surface area contributed by atoms with Gasteiger partial charge in [-0.1, -0.05) is 38.3 Å². The third-order valence-corrected chi connectivity index (χ3v) is 3.64. The van der Waals surface area contributed by atoms with Crippen molar-refractivity contribution in [2.24, 2.45) is 0 Å². The molecule has 0 aromatic heterocycles. The van der Waals surface area contributed by atoms with Crippen molar-refractivity contribution in [2.75, 3.05) is 10.2 Å². The lowest BCUT2D eigenvalue weighted by Gasteiger charge is -2.17. The standard InChI is InChI=1S/C13H15Br2NO3/c14-9-3-1-2-4-12(17)16(13(18)19)11-7-5-10(15)6-8-11/h5-8H,1-4,9H2,(H,18,19). The van der Waals surface area contributed by atoms with Gasteiger partial charge in [0.25, 0.3) is 0 Å². The van der Waals surface area contributed by atoms with Gasteiger partial charge in [-0.25, -0.2) is 9.69 Å². The summed E-state index contributed by atoms with van der Waals surface area (Å²) in [5, 5.41) is 10.1. The minimum absolute atomic E-state index is 0.245. The summed E-state index contributed by atoms with van der Waals surface area (Å²) in [6.45, 7) is 0. The fourth-order valence-electron chi connectivity index (χ4n) is 1.61. The van der Waals surface area contributed by atoms with Crippen LogP contribution in [0.15, 0.2) is 28.7 Å². The van der Waals surface area contributed by atoms with Crippen LogP contribution in [0.4, 0.5) is 10.5 Å². The van der Waals surface area contributed by atoms with E-state index in [0.29, 0.717) is 12.1 Å². The molecule has 4 nitrogen and oxygen atoms in total. The van der Waals surface area contributed by atoms with Crippen LogP contribution in [0.1, 0.15) is 25.7 Å². The monoisotopic (exact) mass is 391 g/mol. The molecule has 104 valence electrons. The Bertz CT molecular complexity index is 434. The Morgan fingerprint density at radius 1 is 1.11 bits per heavy atom. The summed E-state index contributed by atoms with van der Waals surface area (Å²) in [6.07, 6.45) is 1.59. The third kappa shape index (κ3) is 5.32. The first kappa shape index (κ1) is 16.2. The third-order valence-electron chi connectivity index (χ3n) is 2.55. The van der Waals surface area contributed by atoms with E-state index in [1.165, 1.54) is 0 Å². The largest absolute Gasteiger partial charge is 0.464 e. The van der Waals surface area contributed by atoms with Gasteiger partial charge in [-0.05, 0) is 37.1 Å². The smallest absolute Gasteiger partial charge is 0.418 e. The van der Waals surface area contributed by atoms with Crippen molar-refractivity contribution in [2.45, 2.75) is 25.7 Å². The molecule has 0 fully saturated rings. The summed E-state index contributed by atoms with van der Waals surface area (Å²) in [5.41, 5.74) is 0.376. The molecular formula is C13H15Br2NO3. The molecule has 0 saturated heterocycles. The minimum Gasteiger partial charge on any atom is -0.464 e. The number of unbranched alkanes of at least 4 members (excludes halogenated alkanes) is 2. The number of hydrogen-bond donors (Lipinski definition) is 1. The Labute approximate surface area is 129 Å². The summed E-state index contributed by atoms with van der Waals surface area (Å²) >= 11 is 6.59. The maximum Gasteiger partial charge on any atom is 0.418 e. The molecule has 0 bridgehead atoms. The molecule has 0 atom stereocenters. The number of anilines is 1. The normalized spacial score (nSPS) is 10.2. The summed E-state index contributed by atoms with van der Waals surface area (Å²) in [6, 6.07) is 6.63. The minimum atomic E-state index is -1.24. The van der Waals surface area contributed by atoms with Gasteiger partial charge in [-0.15, -0.1) is 0 Å². The highest BCUT2D eigenvalue weighted by molar-refractivity contribution is 9.10. The van der Waals surface area contributed by atoms with Crippen molar-refractivity contribution in [3.05, 3.63) is 28.7 Å². The molecule has 19 heavy (non-hydrogen) atoms. The van der Waals surface area contributed by atoms with Crippen LogP contribution in [-0.2, 0) is 4.79 Å². The molecule has 0 aliphatic heterocycles. The number of benzene rings is 1. The van der Waals surface area contributed by atoms with Gasteiger partial charge in [-0.3, -0.25) is 4.79 Å². The van der Waals surface area contributed by atoms with Crippen LogP contribution in [0.3, 0.4) is 0 Å². The number of nitrogens with zero attached hydrogens (tertiary/aromatic N) is 1. The van der Waals surface area contributed by atoms with Crippen molar-refractivity contribution in [3.63, 3.8) is 0 Å². The fourth-order valence-corrected chi connectivity index (χ4v) is 2.27. The number of rotatable bonds is 6. The molecule has 0 heterocycles. The Morgan fingerprint density at radius 3 is 2.26 bits per heavy atom. The van der Waals surface area contributed by atoms with E-state index in [1.807, 2.05) is 0 Å². The van der Waals surface area contributed by atoms with Crippen LogP contribution < -0.4 is 4.90 Å². The molecule has 1 N–H and O–H groups in total. The lowest BCUT2D eigenvalue weighted by atomic mass is 10.2. The molecule has 0 saturated carbocycles. The van der Waals surface area contributed by atoms with E-state index in [9.17, 15) is 9.59 Å². The van der Waals surface area contributed by atoms with Crippen molar-refractivity contribution in [1.82, 2.24) is 0 Å². The number of halogens is 2. The van der Waals surface area contributed by atoms with Crippen molar-refractivity contribution in [3.8, 4) is 0 Å². The van der Waals surface area contributed by atoms with Gasteiger partial charge in [0.05, 0.1) is 5.69 Å². The van der Waals surface area contributed by atoms with Gasteiger partial charge in [0.15, 0.2) is 0 Å². The van der Waals surface area contributed by atoms with Crippen LogP contribution in [0.5, 0.6) is 0 Å². The number of hydrogen-bond acceptors (Lipinski definition) is 2. The van der Waals surface area contributed by atoms with Crippen LogP contribution in [0, 0.1) is 0 Å². The van der Waals surface area contributed by atoms with Crippen LogP contribution in [0.2, 0.25) is 0 Å². The molecule has 0 radical (unpaired) electrons. The summed E-state index contributed by atoms with van der Waals surface area (Å²) in [7, 11) is 0. The lowest BCUT2D eigenvalue weighted by Crippen LogP contribution is -2.35. The predicted octanol–water partition coefficient (Wildman–Crippen LogP) is 4.42. The Hall–Kier alpha value is -0.880. The molecule has 1 aromatic carbocycles. The molecule has 6 heteroatoms. The first-order valence-electron chi connectivity index (χ1n) is 5.93. The second-order valence-electron chi connectivity index (χ2n) is 3.99. The molecular weight excluding hydrogens is 378 g/mol. The summed E-state index contributed by atoms with van der Waals surface area (Å²) < 4.78 is 0.839. The first-order chi connectivity index (χ1) is 9.06. The highest BCUT2D eigenvalue weighted by Gasteiger charge is 2.21. The van der Waals surface area contributed by atoms with E-state index in [1.54, 1.807) is 24.3 Å². The van der Waals surface area contributed by atoms with E-state index in [4.69, 9.17) is 5.11 Å². The number of carbonyl (C=O) groups excluding carboxylic acids is 1. The second kappa shape index (κ2) is 8.32. The predicted molar refractivity (Wildman–Crippen MR) is 81.9 cm³/mol. The van der Waals surface area contributed by atoms with Gasteiger partial charge in [0.1, 0.15) is 0 Å². The topological polar surface area (TPSA) is 57.6 Å². The zero-order valence-electron chi connectivity index (χ0n) is 10.3. The van der Waals surface area contributed by atoms with Crippen molar-refractivity contribution >= 4 is 49.5 Å². The Morgan fingerprint density at radius 2 is 1.74 bits per heavy atom. The van der Waals surface area contributed by atoms with E-state index in [2.05, 4.69) is 31.9 Å². The first-order valence-corrected chi connectivity index (χ1v) is 7.85. The molecule has 0 aliphatic rings. The van der Waals surface area contributed by atoms with Gasteiger partial charge in [0.2, 0.25) is 5.91 Å².